The molecule has 1 saturated heterocycles. The van der Waals surface area contributed by atoms with E-state index in [2.05, 4.69) is 20.5 Å². The first kappa shape index (κ1) is 17.4. The summed E-state index contributed by atoms with van der Waals surface area (Å²) in [6, 6.07) is 4.09. The maximum Gasteiger partial charge on any atom is 0.309 e. The van der Waals surface area contributed by atoms with Crippen molar-refractivity contribution in [3.05, 3.63) is 30.1 Å². The van der Waals surface area contributed by atoms with Gasteiger partial charge in [0.1, 0.15) is 0 Å². The van der Waals surface area contributed by atoms with Crippen molar-refractivity contribution in [1.29, 1.82) is 0 Å². The van der Waals surface area contributed by atoms with Gasteiger partial charge in [-0.3, -0.25) is 19.5 Å². The number of rotatable bonds is 6. The van der Waals surface area contributed by atoms with E-state index in [1.54, 1.807) is 0 Å². The highest BCUT2D eigenvalue weighted by Gasteiger charge is 2.21. The molecule has 2 amide bonds. The Morgan fingerprint density at radius 1 is 1.17 bits per heavy atom. The summed E-state index contributed by atoms with van der Waals surface area (Å²) in [5.74, 6) is -0.591. The Kier molecular flexibility index (Phi) is 7.00. The monoisotopic (exact) mass is 318 g/mol. The molecule has 0 atom stereocenters. The zero-order valence-electron chi connectivity index (χ0n) is 13.8. The van der Waals surface area contributed by atoms with Crippen molar-refractivity contribution >= 4 is 11.8 Å². The zero-order valence-corrected chi connectivity index (χ0v) is 13.8. The number of amides is 2. The van der Waals surface area contributed by atoms with Crippen LogP contribution in [0.3, 0.4) is 0 Å². The van der Waals surface area contributed by atoms with E-state index in [9.17, 15) is 9.59 Å². The third kappa shape index (κ3) is 5.98. The second-order valence-corrected chi connectivity index (χ2v) is 6.04. The van der Waals surface area contributed by atoms with E-state index in [-0.39, 0.29) is 0 Å². The number of hydrogen-bond donors (Lipinski definition) is 2. The molecule has 1 aromatic heterocycles. The van der Waals surface area contributed by atoms with Crippen molar-refractivity contribution in [1.82, 2.24) is 20.5 Å². The van der Waals surface area contributed by atoms with Gasteiger partial charge in [0, 0.05) is 32.0 Å². The summed E-state index contributed by atoms with van der Waals surface area (Å²) in [7, 11) is 0. The molecule has 0 spiro atoms. The van der Waals surface area contributed by atoms with Gasteiger partial charge < -0.3 is 10.6 Å². The number of piperidine rings is 1. The number of carbonyl (C=O) groups is 2. The molecule has 2 N–H and O–H groups in total. The summed E-state index contributed by atoms with van der Waals surface area (Å²) in [5, 5.41) is 5.34. The number of pyridine rings is 1. The molecule has 1 aliphatic rings. The van der Waals surface area contributed by atoms with Gasteiger partial charge in [-0.25, -0.2) is 0 Å². The molecule has 2 heterocycles. The predicted octanol–water partition coefficient (Wildman–Crippen LogP) is 0.936. The predicted molar refractivity (Wildman–Crippen MR) is 88.5 cm³/mol. The SMILES string of the molecule is CCCNC(=O)C(=O)NCC1CCN(Cc2ccncc2)CC1. The van der Waals surface area contributed by atoms with Gasteiger partial charge in [-0.05, 0) is 56.0 Å². The second-order valence-electron chi connectivity index (χ2n) is 6.04. The minimum Gasteiger partial charge on any atom is -0.348 e. The summed E-state index contributed by atoms with van der Waals surface area (Å²) in [6.07, 6.45) is 6.56. The summed E-state index contributed by atoms with van der Waals surface area (Å²) in [6.45, 7) is 6.07. The van der Waals surface area contributed by atoms with Crippen LogP contribution >= 0.6 is 0 Å². The minimum atomic E-state index is -0.526. The number of likely N-dealkylation sites (tertiary alicyclic amines) is 1. The lowest BCUT2D eigenvalue weighted by Crippen LogP contribution is -2.43. The topological polar surface area (TPSA) is 74.3 Å². The maximum atomic E-state index is 11.7. The standard InChI is InChI=1S/C17H26N4O2/c1-2-7-19-16(22)17(23)20-12-14-5-10-21(11-6-14)13-15-3-8-18-9-4-15/h3-4,8-9,14H,2,5-7,10-13H2,1H3,(H,19,22)(H,20,23). The Labute approximate surface area is 137 Å². The molecule has 0 saturated carbocycles. The van der Waals surface area contributed by atoms with Crippen LogP contribution in [0.1, 0.15) is 31.7 Å². The molecule has 0 aromatic carbocycles. The largest absolute Gasteiger partial charge is 0.348 e. The average Bonchev–Trinajstić information content (AvgIpc) is 2.59. The van der Waals surface area contributed by atoms with Crippen LogP contribution in [-0.2, 0) is 16.1 Å². The lowest BCUT2D eigenvalue weighted by atomic mass is 9.96. The fourth-order valence-electron chi connectivity index (χ4n) is 2.73. The first-order valence-corrected chi connectivity index (χ1v) is 8.36. The third-order valence-electron chi connectivity index (χ3n) is 4.16. The first-order chi connectivity index (χ1) is 11.2. The smallest absolute Gasteiger partial charge is 0.309 e. The minimum absolute atomic E-state index is 0.451. The molecule has 0 radical (unpaired) electrons. The van der Waals surface area contributed by atoms with Crippen molar-refractivity contribution in [2.75, 3.05) is 26.2 Å². The molecule has 1 aromatic rings. The Bertz CT molecular complexity index is 499. The van der Waals surface area contributed by atoms with Crippen LogP contribution in [0, 0.1) is 5.92 Å². The van der Waals surface area contributed by atoms with Crippen LogP contribution in [0.2, 0.25) is 0 Å². The summed E-state index contributed by atoms with van der Waals surface area (Å²) in [5.41, 5.74) is 1.28. The summed E-state index contributed by atoms with van der Waals surface area (Å²) >= 11 is 0. The molecule has 6 heteroatoms. The highest BCUT2D eigenvalue weighted by Crippen LogP contribution is 2.18. The number of hydrogen-bond acceptors (Lipinski definition) is 4. The number of nitrogens with one attached hydrogen (secondary N) is 2. The van der Waals surface area contributed by atoms with Crippen molar-refractivity contribution in [3.63, 3.8) is 0 Å². The third-order valence-corrected chi connectivity index (χ3v) is 4.16. The van der Waals surface area contributed by atoms with Crippen LogP contribution in [0.5, 0.6) is 0 Å². The number of nitrogens with zero attached hydrogens (tertiary/aromatic N) is 2. The van der Waals surface area contributed by atoms with E-state index in [1.165, 1.54) is 5.56 Å². The van der Waals surface area contributed by atoms with Gasteiger partial charge in [0.15, 0.2) is 0 Å². The molecule has 0 unspecified atom stereocenters. The van der Waals surface area contributed by atoms with Crippen LogP contribution in [0.4, 0.5) is 0 Å². The summed E-state index contributed by atoms with van der Waals surface area (Å²) in [4.78, 5) is 29.6. The number of aromatic nitrogens is 1. The molecule has 0 bridgehead atoms. The van der Waals surface area contributed by atoms with E-state index in [1.807, 2.05) is 31.5 Å². The van der Waals surface area contributed by atoms with Gasteiger partial charge >= 0.3 is 11.8 Å². The maximum absolute atomic E-state index is 11.7. The van der Waals surface area contributed by atoms with Gasteiger partial charge in [-0.15, -0.1) is 0 Å². The van der Waals surface area contributed by atoms with E-state index in [0.717, 1.165) is 38.9 Å². The highest BCUT2D eigenvalue weighted by atomic mass is 16.2. The normalized spacial score (nSPS) is 16.0. The van der Waals surface area contributed by atoms with Gasteiger partial charge in [0.05, 0.1) is 0 Å². The molecule has 0 aliphatic carbocycles. The van der Waals surface area contributed by atoms with E-state index in [4.69, 9.17) is 0 Å². The van der Waals surface area contributed by atoms with Gasteiger partial charge in [-0.1, -0.05) is 6.92 Å². The molecule has 23 heavy (non-hydrogen) atoms. The molecule has 2 rings (SSSR count). The average molecular weight is 318 g/mol. The van der Waals surface area contributed by atoms with Crippen LogP contribution in [-0.4, -0.2) is 47.9 Å². The Morgan fingerprint density at radius 2 is 1.83 bits per heavy atom. The highest BCUT2D eigenvalue weighted by molar-refractivity contribution is 6.35. The van der Waals surface area contributed by atoms with Crippen molar-refractivity contribution in [2.24, 2.45) is 5.92 Å². The second kappa shape index (κ2) is 9.25. The Morgan fingerprint density at radius 3 is 2.48 bits per heavy atom. The Balaban J connectivity index is 1.65. The van der Waals surface area contributed by atoms with E-state index in [0.29, 0.717) is 19.0 Å². The zero-order chi connectivity index (χ0) is 16.5. The summed E-state index contributed by atoms with van der Waals surface area (Å²) < 4.78 is 0. The van der Waals surface area contributed by atoms with Gasteiger partial charge in [0.2, 0.25) is 0 Å². The molecule has 6 nitrogen and oxygen atoms in total. The fourth-order valence-corrected chi connectivity index (χ4v) is 2.73. The van der Waals surface area contributed by atoms with Crippen molar-refractivity contribution in [2.45, 2.75) is 32.7 Å². The molecule has 126 valence electrons. The van der Waals surface area contributed by atoms with Crippen molar-refractivity contribution in [3.8, 4) is 0 Å². The lowest BCUT2D eigenvalue weighted by molar-refractivity contribution is -0.139. The van der Waals surface area contributed by atoms with Crippen LogP contribution in [0.25, 0.3) is 0 Å². The van der Waals surface area contributed by atoms with Crippen LogP contribution in [0.15, 0.2) is 24.5 Å². The van der Waals surface area contributed by atoms with E-state index < -0.39 is 11.8 Å². The lowest BCUT2D eigenvalue weighted by Gasteiger charge is -2.32. The fraction of sp³-hybridized carbons (Fsp3) is 0.588. The quantitative estimate of drug-likeness (QED) is 0.766. The molecular formula is C17H26N4O2. The molecule has 1 aliphatic heterocycles. The van der Waals surface area contributed by atoms with E-state index >= 15 is 0 Å². The molecule has 1 fully saturated rings. The van der Waals surface area contributed by atoms with Crippen LogP contribution < -0.4 is 10.6 Å². The first-order valence-electron chi connectivity index (χ1n) is 8.36. The van der Waals surface area contributed by atoms with Gasteiger partial charge in [0.25, 0.3) is 0 Å². The number of carbonyl (C=O) groups excluding carboxylic acids is 2. The Hall–Kier alpha value is -1.95. The van der Waals surface area contributed by atoms with Gasteiger partial charge in [-0.2, -0.15) is 0 Å². The molecular weight excluding hydrogens is 292 g/mol. The van der Waals surface area contributed by atoms with Crippen molar-refractivity contribution < 1.29 is 9.59 Å².